The van der Waals surface area contributed by atoms with Gasteiger partial charge in [0.15, 0.2) is 5.82 Å². The zero-order valence-electron chi connectivity index (χ0n) is 26.3. The zero-order valence-corrected chi connectivity index (χ0v) is 27.0. The van der Waals surface area contributed by atoms with Gasteiger partial charge in [-0.15, -0.1) is 0 Å². The number of hydrogen-bond acceptors (Lipinski definition) is 10. The summed E-state index contributed by atoms with van der Waals surface area (Å²) in [5.74, 6) is 1.93. The smallest absolute Gasteiger partial charge is 0.256 e. The summed E-state index contributed by atoms with van der Waals surface area (Å²) in [5, 5.41) is 6.88. The van der Waals surface area contributed by atoms with Crippen LogP contribution in [0.1, 0.15) is 48.0 Å². The van der Waals surface area contributed by atoms with E-state index in [-0.39, 0.29) is 5.91 Å². The molecule has 0 saturated carbocycles. The van der Waals surface area contributed by atoms with Crippen LogP contribution in [0.25, 0.3) is 0 Å². The van der Waals surface area contributed by atoms with Crippen LogP contribution in [0.15, 0.2) is 36.5 Å². The molecule has 2 N–H and O–H groups in total. The van der Waals surface area contributed by atoms with Crippen molar-refractivity contribution < 1.29 is 19.0 Å². The van der Waals surface area contributed by atoms with Crippen molar-refractivity contribution in [3.8, 4) is 11.5 Å². The average Bonchev–Trinajstić information content (AvgIpc) is 3.37. The van der Waals surface area contributed by atoms with E-state index in [1.165, 1.54) is 38.5 Å². The molecule has 3 aliphatic rings. The van der Waals surface area contributed by atoms with Crippen molar-refractivity contribution in [2.24, 2.45) is 0 Å². The number of fused-ring (bicyclic) bond motifs is 1. The van der Waals surface area contributed by atoms with Crippen molar-refractivity contribution in [2.75, 3.05) is 76.2 Å². The number of nitrogens with zero attached hydrogens (tertiary/aromatic N) is 5. The Morgan fingerprint density at radius 1 is 0.978 bits per heavy atom. The first kappa shape index (κ1) is 31.2. The Hall–Kier alpha value is -3.80. The number of benzene rings is 2. The lowest BCUT2D eigenvalue weighted by Crippen LogP contribution is -2.47. The molecule has 0 atom stereocenters. The minimum Gasteiger partial charge on any atom is -0.494 e. The maximum atomic E-state index is 13.4. The number of carbonyl (C=O) groups is 1. The first-order valence-corrected chi connectivity index (χ1v) is 16.1. The van der Waals surface area contributed by atoms with Gasteiger partial charge < -0.3 is 39.5 Å². The third kappa shape index (κ3) is 6.90. The Labute approximate surface area is 269 Å². The standard InChI is InChI=1S/C33H42ClN7O4/c1-39-21-24-28(41-15-11-22(12-16-41)40-13-5-4-6-14-40)10-9-27(30(24)32(39)42)36-31-25(34)20-35-33(38-31)37-26-8-7-23(19-29(26)44-3)45-18-17-43-2/h7-10,19-20,22H,4-6,11-18,21H2,1-3H3,(H2,35,36,37,38). The predicted octanol–water partition coefficient (Wildman–Crippen LogP) is 5.69. The maximum absolute atomic E-state index is 13.4. The molecule has 2 fully saturated rings. The van der Waals surface area contributed by atoms with Crippen LogP contribution in [-0.4, -0.2) is 92.4 Å². The van der Waals surface area contributed by atoms with Crippen LogP contribution in [0.2, 0.25) is 5.02 Å². The second-order valence-electron chi connectivity index (χ2n) is 11.8. The van der Waals surface area contributed by atoms with Crippen molar-refractivity contribution in [2.45, 2.75) is 44.7 Å². The highest BCUT2D eigenvalue weighted by Crippen LogP contribution is 2.39. The second kappa shape index (κ2) is 14.1. The van der Waals surface area contributed by atoms with Crippen molar-refractivity contribution in [3.63, 3.8) is 0 Å². The van der Waals surface area contributed by atoms with E-state index in [1.54, 1.807) is 25.2 Å². The molecular weight excluding hydrogens is 594 g/mol. The normalized spacial score (nSPS) is 17.4. The van der Waals surface area contributed by atoms with Crippen molar-refractivity contribution >= 4 is 46.3 Å². The molecule has 0 radical (unpaired) electrons. The maximum Gasteiger partial charge on any atom is 0.256 e. The first-order chi connectivity index (χ1) is 21.9. The van der Waals surface area contributed by atoms with Crippen LogP contribution in [-0.2, 0) is 11.3 Å². The number of anilines is 5. The molecule has 45 heavy (non-hydrogen) atoms. The van der Waals surface area contributed by atoms with E-state index in [1.807, 2.05) is 25.2 Å². The van der Waals surface area contributed by atoms with Gasteiger partial charge in [-0.05, 0) is 63.0 Å². The molecule has 11 nitrogen and oxygen atoms in total. The van der Waals surface area contributed by atoms with Crippen molar-refractivity contribution in [1.29, 1.82) is 0 Å². The van der Waals surface area contributed by atoms with Gasteiger partial charge >= 0.3 is 0 Å². The van der Waals surface area contributed by atoms with Gasteiger partial charge in [0.2, 0.25) is 5.95 Å². The van der Waals surface area contributed by atoms with Gasteiger partial charge in [0.1, 0.15) is 23.1 Å². The minimum atomic E-state index is -0.0152. The van der Waals surface area contributed by atoms with Gasteiger partial charge in [-0.2, -0.15) is 4.98 Å². The van der Waals surface area contributed by atoms with Crippen LogP contribution >= 0.6 is 11.6 Å². The Morgan fingerprint density at radius 2 is 1.76 bits per heavy atom. The summed E-state index contributed by atoms with van der Waals surface area (Å²) in [5.41, 5.74) is 4.19. The van der Waals surface area contributed by atoms with Gasteiger partial charge in [0, 0.05) is 57.2 Å². The summed E-state index contributed by atoms with van der Waals surface area (Å²) in [6, 6.07) is 10.2. The summed E-state index contributed by atoms with van der Waals surface area (Å²) in [6.45, 7) is 5.94. The Morgan fingerprint density at radius 3 is 2.51 bits per heavy atom. The summed E-state index contributed by atoms with van der Waals surface area (Å²) >= 11 is 6.56. The highest BCUT2D eigenvalue weighted by atomic mass is 35.5. The molecule has 4 heterocycles. The Balaban J connectivity index is 1.20. The van der Waals surface area contributed by atoms with E-state index in [4.69, 9.17) is 25.8 Å². The van der Waals surface area contributed by atoms with E-state index >= 15 is 0 Å². The van der Waals surface area contributed by atoms with Crippen LogP contribution in [0.4, 0.5) is 28.8 Å². The minimum absolute atomic E-state index is 0.0152. The van der Waals surface area contributed by atoms with Gasteiger partial charge in [0.05, 0.1) is 36.9 Å². The Kier molecular flexibility index (Phi) is 9.77. The average molecular weight is 636 g/mol. The number of rotatable bonds is 11. The third-order valence-corrected chi connectivity index (χ3v) is 9.21. The van der Waals surface area contributed by atoms with Gasteiger partial charge in [0.25, 0.3) is 5.91 Å². The van der Waals surface area contributed by atoms with E-state index in [0.29, 0.717) is 71.0 Å². The lowest BCUT2D eigenvalue weighted by molar-refractivity contribution is 0.0817. The number of halogens is 1. The molecule has 1 amide bonds. The zero-order chi connectivity index (χ0) is 31.3. The van der Waals surface area contributed by atoms with Crippen LogP contribution in [0.3, 0.4) is 0 Å². The fourth-order valence-electron chi connectivity index (χ4n) is 6.57. The molecule has 12 heteroatoms. The number of hydrogen-bond donors (Lipinski definition) is 2. The highest BCUT2D eigenvalue weighted by Gasteiger charge is 2.33. The number of aromatic nitrogens is 2. The second-order valence-corrected chi connectivity index (χ2v) is 12.2. The van der Waals surface area contributed by atoms with Crippen molar-refractivity contribution in [1.82, 2.24) is 19.8 Å². The van der Waals surface area contributed by atoms with E-state index in [0.717, 1.165) is 37.2 Å². The SMILES string of the molecule is COCCOc1ccc(Nc2ncc(Cl)c(Nc3ccc(N4CCC(N5CCCCC5)CC4)c4c3C(=O)N(C)C4)n2)c(OC)c1. The third-order valence-electron chi connectivity index (χ3n) is 8.93. The molecule has 0 bridgehead atoms. The number of likely N-dealkylation sites (tertiary alicyclic amines) is 1. The van der Waals surface area contributed by atoms with Crippen molar-refractivity contribution in [3.05, 3.63) is 52.7 Å². The largest absolute Gasteiger partial charge is 0.494 e. The summed E-state index contributed by atoms with van der Waals surface area (Å²) in [7, 11) is 5.06. The molecule has 6 rings (SSSR count). The molecular formula is C33H42ClN7O4. The molecule has 0 aliphatic carbocycles. The molecule has 3 aromatic rings. The lowest BCUT2D eigenvalue weighted by atomic mass is 9.97. The van der Waals surface area contributed by atoms with Gasteiger partial charge in [-0.25, -0.2) is 4.98 Å². The number of ether oxygens (including phenoxy) is 3. The first-order valence-electron chi connectivity index (χ1n) is 15.7. The molecule has 0 spiro atoms. The van der Waals surface area contributed by atoms with Gasteiger partial charge in [-0.3, -0.25) is 4.79 Å². The van der Waals surface area contributed by atoms with Crippen LogP contribution in [0, 0.1) is 0 Å². The number of amides is 1. The monoisotopic (exact) mass is 635 g/mol. The predicted molar refractivity (Wildman–Crippen MR) is 177 cm³/mol. The summed E-state index contributed by atoms with van der Waals surface area (Å²) in [4.78, 5) is 29.4. The molecule has 0 unspecified atom stereocenters. The molecule has 2 aromatic carbocycles. The van der Waals surface area contributed by atoms with Gasteiger partial charge in [-0.1, -0.05) is 18.0 Å². The fourth-order valence-corrected chi connectivity index (χ4v) is 6.71. The number of nitrogens with one attached hydrogen (secondary N) is 2. The fraction of sp³-hybridized carbons (Fsp3) is 0.485. The van der Waals surface area contributed by atoms with E-state index < -0.39 is 0 Å². The summed E-state index contributed by atoms with van der Waals surface area (Å²) < 4.78 is 16.3. The van der Waals surface area contributed by atoms with Crippen LogP contribution in [0.5, 0.6) is 11.5 Å². The number of piperidine rings is 2. The lowest BCUT2D eigenvalue weighted by Gasteiger charge is -2.41. The Bertz CT molecular complexity index is 1510. The molecule has 3 aliphatic heterocycles. The molecule has 240 valence electrons. The summed E-state index contributed by atoms with van der Waals surface area (Å²) in [6.07, 6.45) is 7.82. The quantitative estimate of drug-likeness (QED) is 0.255. The van der Waals surface area contributed by atoms with E-state index in [9.17, 15) is 4.79 Å². The topological polar surface area (TPSA) is 104 Å². The molecule has 2 saturated heterocycles. The highest BCUT2D eigenvalue weighted by molar-refractivity contribution is 6.33. The van der Waals surface area contributed by atoms with Crippen LogP contribution < -0.4 is 25.0 Å². The molecule has 1 aromatic heterocycles. The van der Waals surface area contributed by atoms with E-state index in [2.05, 4.69) is 36.5 Å². The number of carbonyl (C=O) groups excluding carboxylic acids is 1. The number of methoxy groups -OCH3 is 2.